The van der Waals surface area contributed by atoms with Gasteiger partial charge in [-0.25, -0.2) is 0 Å². The highest BCUT2D eigenvalue weighted by Crippen LogP contribution is 2.44. The molecule has 0 aliphatic carbocycles. The fraction of sp³-hybridized carbons (Fsp3) is 0.160. The summed E-state index contributed by atoms with van der Waals surface area (Å²) in [5.74, 6) is -0.683. The Morgan fingerprint density at radius 1 is 1.06 bits per heavy atom. The number of hydrogen-bond acceptors (Lipinski definition) is 3. The van der Waals surface area contributed by atoms with Crippen molar-refractivity contribution in [2.75, 3.05) is 0 Å². The Hall–Kier alpha value is -3.93. The van der Waals surface area contributed by atoms with Crippen LogP contribution in [0, 0.1) is 24.0 Å². The average molecular weight is 413 g/mol. The fourth-order valence-electron chi connectivity index (χ4n) is 4.44. The van der Waals surface area contributed by atoms with E-state index in [-0.39, 0.29) is 11.3 Å². The zero-order valence-electron chi connectivity index (χ0n) is 17.7. The molecule has 0 saturated carbocycles. The number of aromatic amines is 1. The third-order valence-electron chi connectivity index (χ3n) is 5.59. The van der Waals surface area contributed by atoms with Crippen molar-refractivity contribution in [1.82, 2.24) is 4.98 Å². The Morgan fingerprint density at radius 3 is 2.35 bits per heavy atom. The van der Waals surface area contributed by atoms with Crippen molar-refractivity contribution in [1.29, 1.82) is 0 Å². The zero-order chi connectivity index (χ0) is 22.3. The Balaban J connectivity index is 2.19. The van der Waals surface area contributed by atoms with Gasteiger partial charge in [-0.15, -0.1) is 0 Å². The SMILES string of the molecule is CCc1c(-c2cc(C)cc(C)c2)c(C(N)=O)cc([N+](=O)[O-])c1-c1c[nH]c2ccccc12. The number of nitrogens with one attached hydrogen (secondary N) is 1. The topological polar surface area (TPSA) is 102 Å². The van der Waals surface area contributed by atoms with Gasteiger partial charge in [0.2, 0.25) is 5.91 Å². The van der Waals surface area contributed by atoms with Crippen molar-refractivity contribution in [3.63, 3.8) is 0 Å². The van der Waals surface area contributed by atoms with Crippen LogP contribution in [0.25, 0.3) is 33.2 Å². The van der Waals surface area contributed by atoms with Crippen molar-refractivity contribution in [3.05, 3.63) is 87.1 Å². The molecule has 0 atom stereocenters. The quantitative estimate of drug-likeness (QED) is 0.324. The number of carbonyl (C=O) groups is 1. The molecule has 4 aromatic rings. The molecule has 31 heavy (non-hydrogen) atoms. The van der Waals surface area contributed by atoms with E-state index in [4.69, 9.17) is 5.73 Å². The van der Waals surface area contributed by atoms with Crippen molar-refractivity contribution in [2.45, 2.75) is 27.2 Å². The van der Waals surface area contributed by atoms with E-state index in [0.29, 0.717) is 17.5 Å². The molecule has 1 heterocycles. The molecule has 0 aliphatic rings. The number of H-pyrrole nitrogens is 1. The minimum absolute atomic E-state index is 0.122. The molecule has 0 unspecified atom stereocenters. The molecule has 0 saturated heterocycles. The van der Waals surface area contributed by atoms with E-state index < -0.39 is 10.8 Å². The van der Waals surface area contributed by atoms with Gasteiger partial charge in [0.15, 0.2) is 0 Å². The maximum Gasteiger partial charge on any atom is 0.278 e. The predicted octanol–water partition coefficient (Wildman–Crippen LogP) is 5.69. The Kier molecular flexibility index (Phi) is 5.07. The number of fused-ring (bicyclic) bond motifs is 1. The smallest absolute Gasteiger partial charge is 0.278 e. The van der Waals surface area contributed by atoms with Crippen LogP contribution >= 0.6 is 0 Å². The molecule has 0 bridgehead atoms. The normalized spacial score (nSPS) is 11.1. The highest BCUT2D eigenvalue weighted by Gasteiger charge is 2.28. The van der Waals surface area contributed by atoms with Crippen LogP contribution in [-0.2, 0) is 6.42 Å². The summed E-state index contributed by atoms with van der Waals surface area (Å²) in [6.45, 7) is 5.91. The monoisotopic (exact) mass is 413 g/mol. The van der Waals surface area contributed by atoms with Crippen molar-refractivity contribution >= 4 is 22.5 Å². The van der Waals surface area contributed by atoms with Gasteiger partial charge in [0, 0.05) is 28.7 Å². The maximum atomic E-state index is 12.4. The van der Waals surface area contributed by atoms with Crippen LogP contribution < -0.4 is 5.73 Å². The van der Waals surface area contributed by atoms with Crippen LogP contribution in [0.2, 0.25) is 0 Å². The zero-order valence-corrected chi connectivity index (χ0v) is 17.7. The predicted molar refractivity (Wildman–Crippen MR) is 123 cm³/mol. The van der Waals surface area contributed by atoms with Gasteiger partial charge in [0.05, 0.1) is 16.1 Å². The summed E-state index contributed by atoms with van der Waals surface area (Å²) in [7, 11) is 0. The lowest BCUT2D eigenvalue weighted by Gasteiger charge is -2.18. The Morgan fingerprint density at radius 2 is 1.74 bits per heavy atom. The minimum Gasteiger partial charge on any atom is -0.366 e. The minimum atomic E-state index is -0.683. The number of carbonyl (C=O) groups excluding carboxylic acids is 1. The third kappa shape index (κ3) is 3.46. The van der Waals surface area contributed by atoms with Gasteiger partial charge >= 0.3 is 0 Å². The first-order chi connectivity index (χ1) is 14.8. The van der Waals surface area contributed by atoms with Crippen molar-refractivity contribution in [2.24, 2.45) is 5.73 Å². The van der Waals surface area contributed by atoms with Gasteiger partial charge < -0.3 is 10.7 Å². The summed E-state index contributed by atoms with van der Waals surface area (Å²) < 4.78 is 0. The summed E-state index contributed by atoms with van der Waals surface area (Å²) >= 11 is 0. The van der Waals surface area contributed by atoms with Gasteiger partial charge in [-0.2, -0.15) is 0 Å². The number of nitro benzene ring substituents is 1. The second-order valence-electron chi connectivity index (χ2n) is 7.77. The summed E-state index contributed by atoms with van der Waals surface area (Å²) in [5.41, 5.74) is 12.2. The molecule has 0 aliphatic heterocycles. The van der Waals surface area contributed by atoms with Crippen LogP contribution in [0.4, 0.5) is 5.69 Å². The van der Waals surface area contributed by atoms with Crippen LogP contribution in [0.3, 0.4) is 0 Å². The van der Waals surface area contributed by atoms with Crippen LogP contribution in [-0.4, -0.2) is 15.8 Å². The van der Waals surface area contributed by atoms with E-state index in [9.17, 15) is 14.9 Å². The van der Waals surface area contributed by atoms with Gasteiger partial charge in [0.1, 0.15) is 0 Å². The summed E-state index contributed by atoms with van der Waals surface area (Å²) in [4.78, 5) is 27.3. The summed E-state index contributed by atoms with van der Waals surface area (Å²) in [5, 5.41) is 13.0. The van der Waals surface area contributed by atoms with Crippen molar-refractivity contribution < 1.29 is 9.72 Å². The van der Waals surface area contributed by atoms with Gasteiger partial charge in [-0.1, -0.05) is 54.4 Å². The number of nitrogens with zero attached hydrogens (tertiary/aromatic N) is 1. The second kappa shape index (κ2) is 7.72. The highest BCUT2D eigenvalue weighted by atomic mass is 16.6. The van der Waals surface area contributed by atoms with Gasteiger partial charge in [-0.05, 0) is 43.0 Å². The van der Waals surface area contributed by atoms with Crippen molar-refractivity contribution in [3.8, 4) is 22.3 Å². The molecule has 0 fully saturated rings. The number of amides is 1. The summed E-state index contributed by atoms with van der Waals surface area (Å²) in [6.07, 6.45) is 2.29. The molecule has 4 rings (SSSR count). The molecule has 6 heteroatoms. The number of primary amides is 1. The number of para-hydroxylation sites is 1. The molecule has 156 valence electrons. The number of hydrogen-bond donors (Lipinski definition) is 2. The number of rotatable bonds is 5. The van der Waals surface area contributed by atoms with E-state index in [1.165, 1.54) is 6.07 Å². The molecule has 0 spiro atoms. The molecular formula is C25H23N3O3. The molecule has 0 radical (unpaired) electrons. The molecule has 1 amide bonds. The standard InChI is InChI=1S/C25H23N3O3/c1-4-17-23(16-10-14(2)9-15(3)11-16)19(25(26)29)12-22(28(30)31)24(17)20-13-27-21-8-6-5-7-18(20)21/h5-13,27H,4H2,1-3H3,(H2,26,29). The lowest BCUT2D eigenvalue weighted by Crippen LogP contribution is -2.15. The number of aromatic nitrogens is 1. The number of aryl methyl sites for hydroxylation is 2. The highest BCUT2D eigenvalue weighted by molar-refractivity contribution is 6.07. The number of nitrogens with two attached hydrogens (primary N) is 1. The van der Waals surface area contributed by atoms with Gasteiger partial charge in [0.25, 0.3) is 5.69 Å². The molecular weight excluding hydrogens is 390 g/mol. The molecule has 3 aromatic carbocycles. The van der Waals surface area contributed by atoms with E-state index in [2.05, 4.69) is 4.98 Å². The molecule has 6 nitrogen and oxygen atoms in total. The molecule has 1 aromatic heterocycles. The van der Waals surface area contributed by atoms with Crippen LogP contribution in [0.1, 0.15) is 34.0 Å². The number of nitro groups is 1. The van der Waals surface area contributed by atoms with Crippen LogP contribution in [0.15, 0.2) is 54.7 Å². The fourth-order valence-corrected chi connectivity index (χ4v) is 4.44. The Labute approximate surface area is 179 Å². The number of benzene rings is 3. The largest absolute Gasteiger partial charge is 0.366 e. The molecule has 3 N–H and O–H groups in total. The first kappa shape index (κ1) is 20.3. The van der Waals surface area contributed by atoms with Crippen LogP contribution in [0.5, 0.6) is 0 Å². The maximum absolute atomic E-state index is 12.4. The van der Waals surface area contributed by atoms with Gasteiger partial charge in [-0.3, -0.25) is 14.9 Å². The third-order valence-corrected chi connectivity index (χ3v) is 5.59. The van der Waals surface area contributed by atoms with E-state index >= 15 is 0 Å². The lowest BCUT2D eigenvalue weighted by molar-refractivity contribution is -0.384. The first-order valence-electron chi connectivity index (χ1n) is 10.1. The van der Waals surface area contributed by atoms with E-state index in [1.54, 1.807) is 6.20 Å². The first-order valence-corrected chi connectivity index (χ1v) is 10.1. The van der Waals surface area contributed by atoms with E-state index in [0.717, 1.165) is 38.7 Å². The average Bonchev–Trinajstić information content (AvgIpc) is 3.15. The Bertz CT molecular complexity index is 1330. The second-order valence-corrected chi connectivity index (χ2v) is 7.77. The lowest BCUT2D eigenvalue weighted by atomic mass is 9.84. The summed E-state index contributed by atoms with van der Waals surface area (Å²) in [6, 6.07) is 15.0. The van der Waals surface area contributed by atoms with E-state index in [1.807, 2.05) is 63.2 Å².